The van der Waals surface area contributed by atoms with Crippen LogP contribution in [0, 0.1) is 5.92 Å². The number of nitrogens with two attached hydrogens (primary N) is 1. The van der Waals surface area contributed by atoms with E-state index >= 15 is 0 Å². The van der Waals surface area contributed by atoms with Gasteiger partial charge in [0.05, 0.1) is 18.9 Å². The maximum atomic E-state index is 12.6. The van der Waals surface area contributed by atoms with Gasteiger partial charge in [0.2, 0.25) is 0 Å². The third-order valence-corrected chi connectivity index (χ3v) is 5.06. The average molecular weight is 365 g/mol. The van der Waals surface area contributed by atoms with Gasteiger partial charge in [-0.25, -0.2) is 9.78 Å². The molecule has 2 aromatic rings. The van der Waals surface area contributed by atoms with Crippen LogP contribution in [-0.2, 0) is 18.3 Å². The topological polar surface area (TPSA) is 95.4 Å². The first-order valence-corrected chi connectivity index (χ1v) is 9.16. The van der Waals surface area contributed by atoms with Crippen molar-refractivity contribution in [2.75, 3.05) is 36.9 Å². The summed E-state index contributed by atoms with van der Waals surface area (Å²) in [5, 5.41) is 2.66. The van der Waals surface area contributed by atoms with E-state index in [1.807, 2.05) is 19.2 Å². The molecule has 1 fully saturated rings. The summed E-state index contributed by atoms with van der Waals surface area (Å²) < 4.78 is 7.91. The Hall–Kier alpha value is -2.13. The Balaban J connectivity index is 2.08. The van der Waals surface area contributed by atoms with Crippen LogP contribution >= 0.6 is 11.3 Å². The Morgan fingerprint density at radius 1 is 1.32 bits per heavy atom. The number of anilines is 2. The minimum absolute atomic E-state index is 0.181. The zero-order valence-electron chi connectivity index (χ0n) is 14.7. The highest BCUT2D eigenvalue weighted by molar-refractivity contribution is 7.14. The summed E-state index contributed by atoms with van der Waals surface area (Å²) in [5.41, 5.74) is 6.19. The molecule has 0 unspecified atom stereocenters. The average Bonchev–Trinajstić information content (AvgIpc) is 3.07. The lowest BCUT2D eigenvalue weighted by Crippen LogP contribution is -2.41. The molecule has 0 amide bonds. The van der Waals surface area contributed by atoms with Crippen molar-refractivity contribution < 1.29 is 4.74 Å². The Morgan fingerprint density at radius 3 is 2.64 bits per heavy atom. The molecule has 1 saturated heterocycles. The summed E-state index contributed by atoms with van der Waals surface area (Å²) in [7, 11) is 1.47. The van der Waals surface area contributed by atoms with Gasteiger partial charge in [0.25, 0.3) is 5.56 Å². The van der Waals surface area contributed by atoms with Crippen LogP contribution in [-0.4, -0.2) is 40.4 Å². The highest BCUT2D eigenvalue weighted by atomic mass is 32.1. The number of aromatic nitrogens is 3. The maximum Gasteiger partial charge on any atom is 0.332 e. The lowest BCUT2D eigenvalue weighted by molar-refractivity contribution is 0.122. The number of ether oxygens (including phenoxy) is 1. The van der Waals surface area contributed by atoms with Crippen LogP contribution in [0.25, 0.3) is 11.3 Å². The summed E-state index contributed by atoms with van der Waals surface area (Å²) in [6.07, 6.45) is 0. The predicted octanol–water partition coefficient (Wildman–Crippen LogP) is 0.745. The second-order valence-corrected chi connectivity index (χ2v) is 7.36. The van der Waals surface area contributed by atoms with Crippen LogP contribution < -0.4 is 21.9 Å². The molecule has 8 nitrogen and oxygen atoms in total. The molecule has 3 heterocycles. The first-order valence-electron chi connectivity index (χ1n) is 8.28. The standard InChI is InChI=1S/C16H23N5O3S/c1-10(2)8-21-13(17)12(14(22)19(3)16(21)23)11-9-25-15(18-11)20-4-6-24-7-5-20/h9-10H,4-8,17H2,1-3H3. The first kappa shape index (κ1) is 17.7. The van der Waals surface area contributed by atoms with Crippen molar-refractivity contribution in [3.05, 3.63) is 26.2 Å². The molecule has 1 aliphatic rings. The second kappa shape index (κ2) is 7.01. The van der Waals surface area contributed by atoms with Crippen molar-refractivity contribution in [2.45, 2.75) is 20.4 Å². The maximum absolute atomic E-state index is 12.6. The Kier molecular flexibility index (Phi) is 4.96. The van der Waals surface area contributed by atoms with Crippen LogP contribution in [0.2, 0.25) is 0 Å². The molecular formula is C16H23N5O3S. The molecule has 2 N–H and O–H groups in total. The van der Waals surface area contributed by atoms with E-state index in [1.54, 1.807) is 0 Å². The van der Waals surface area contributed by atoms with Crippen LogP contribution in [0.15, 0.2) is 15.0 Å². The van der Waals surface area contributed by atoms with Crippen molar-refractivity contribution in [1.29, 1.82) is 0 Å². The molecule has 2 aromatic heterocycles. The molecule has 0 aliphatic carbocycles. The van der Waals surface area contributed by atoms with E-state index in [-0.39, 0.29) is 11.7 Å². The minimum Gasteiger partial charge on any atom is -0.384 e. The molecule has 0 bridgehead atoms. The summed E-state index contributed by atoms with van der Waals surface area (Å²) in [5.74, 6) is 0.408. The van der Waals surface area contributed by atoms with Crippen LogP contribution in [0.5, 0.6) is 0 Å². The van der Waals surface area contributed by atoms with Crippen molar-refractivity contribution >= 4 is 22.3 Å². The summed E-state index contributed by atoms with van der Waals surface area (Å²) in [4.78, 5) is 31.7. The number of hydrogen-bond donors (Lipinski definition) is 1. The largest absolute Gasteiger partial charge is 0.384 e. The molecule has 3 rings (SSSR count). The lowest BCUT2D eigenvalue weighted by atomic mass is 10.2. The molecular weight excluding hydrogens is 342 g/mol. The van der Waals surface area contributed by atoms with E-state index in [2.05, 4.69) is 9.88 Å². The molecule has 0 radical (unpaired) electrons. The number of thiazole rings is 1. The zero-order valence-corrected chi connectivity index (χ0v) is 15.5. The molecule has 0 spiro atoms. The monoisotopic (exact) mass is 365 g/mol. The lowest BCUT2D eigenvalue weighted by Gasteiger charge is -2.26. The quantitative estimate of drug-likeness (QED) is 0.859. The van der Waals surface area contributed by atoms with E-state index in [4.69, 9.17) is 10.5 Å². The van der Waals surface area contributed by atoms with Gasteiger partial charge in [-0.3, -0.25) is 13.9 Å². The normalized spacial score (nSPS) is 15.1. The molecule has 136 valence electrons. The number of morpholine rings is 1. The van der Waals surface area contributed by atoms with Crippen molar-refractivity contribution in [3.63, 3.8) is 0 Å². The van der Waals surface area contributed by atoms with Gasteiger partial charge < -0.3 is 15.4 Å². The van der Waals surface area contributed by atoms with Gasteiger partial charge in [-0.1, -0.05) is 13.8 Å². The van der Waals surface area contributed by atoms with E-state index < -0.39 is 11.2 Å². The fraction of sp³-hybridized carbons (Fsp3) is 0.562. The van der Waals surface area contributed by atoms with Crippen molar-refractivity contribution in [1.82, 2.24) is 14.1 Å². The first-order chi connectivity index (χ1) is 11.9. The second-order valence-electron chi connectivity index (χ2n) is 6.53. The Labute approximate surface area is 149 Å². The predicted molar refractivity (Wildman–Crippen MR) is 99.3 cm³/mol. The molecule has 0 saturated carbocycles. The number of nitrogen functional groups attached to an aromatic ring is 1. The molecule has 25 heavy (non-hydrogen) atoms. The highest BCUT2D eigenvalue weighted by Gasteiger charge is 2.21. The van der Waals surface area contributed by atoms with E-state index in [1.165, 1.54) is 23.0 Å². The van der Waals surface area contributed by atoms with Gasteiger partial charge in [-0.2, -0.15) is 0 Å². The van der Waals surface area contributed by atoms with Crippen molar-refractivity contribution in [2.24, 2.45) is 13.0 Å². The number of nitrogens with zero attached hydrogens (tertiary/aromatic N) is 4. The van der Waals surface area contributed by atoms with Crippen LogP contribution in [0.3, 0.4) is 0 Å². The number of rotatable bonds is 4. The van der Waals surface area contributed by atoms with Crippen LogP contribution in [0.1, 0.15) is 13.8 Å². The molecule has 0 aromatic carbocycles. The van der Waals surface area contributed by atoms with Crippen molar-refractivity contribution in [3.8, 4) is 11.3 Å². The SMILES string of the molecule is CC(C)Cn1c(N)c(-c2csc(N3CCOCC3)n2)c(=O)n(C)c1=O. The summed E-state index contributed by atoms with van der Waals surface area (Å²) in [6.45, 7) is 7.31. The van der Waals surface area contributed by atoms with Gasteiger partial charge in [-0.05, 0) is 5.92 Å². The fourth-order valence-electron chi connectivity index (χ4n) is 2.84. The van der Waals surface area contributed by atoms with Gasteiger partial charge in [0, 0.05) is 32.1 Å². The highest BCUT2D eigenvalue weighted by Crippen LogP contribution is 2.28. The fourth-order valence-corrected chi connectivity index (χ4v) is 3.71. The molecule has 0 atom stereocenters. The zero-order chi connectivity index (χ0) is 18.1. The molecule has 9 heteroatoms. The Morgan fingerprint density at radius 2 is 2.00 bits per heavy atom. The van der Waals surface area contributed by atoms with E-state index in [9.17, 15) is 9.59 Å². The van der Waals surface area contributed by atoms with Gasteiger partial charge in [0.15, 0.2) is 5.13 Å². The summed E-state index contributed by atoms with van der Waals surface area (Å²) >= 11 is 1.47. The Bertz CT molecular complexity index is 877. The van der Waals surface area contributed by atoms with Gasteiger partial charge >= 0.3 is 5.69 Å². The van der Waals surface area contributed by atoms with E-state index in [0.29, 0.717) is 31.0 Å². The van der Waals surface area contributed by atoms with Gasteiger partial charge in [-0.15, -0.1) is 11.3 Å². The smallest absolute Gasteiger partial charge is 0.332 e. The minimum atomic E-state index is -0.415. The van der Waals surface area contributed by atoms with Crippen LogP contribution in [0.4, 0.5) is 10.9 Å². The third kappa shape index (κ3) is 3.34. The number of hydrogen-bond acceptors (Lipinski definition) is 7. The third-order valence-electron chi connectivity index (χ3n) is 4.16. The molecule has 1 aliphatic heterocycles. The van der Waals surface area contributed by atoms with Gasteiger partial charge in [0.1, 0.15) is 11.4 Å². The van der Waals surface area contributed by atoms with E-state index in [0.717, 1.165) is 22.8 Å². The summed E-state index contributed by atoms with van der Waals surface area (Å²) in [6, 6.07) is 0.